The fourth-order valence-corrected chi connectivity index (χ4v) is 2.11. The van der Waals surface area contributed by atoms with E-state index in [1.165, 1.54) is 13.2 Å². The van der Waals surface area contributed by atoms with Gasteiger partial charge in [0, 0.05) is 19.1 Å². The van der Waals surface area contributed by atoms with Gasteiger partial charge in [-0.25, -0.2) is 4.39 Å². The summed E-state index contributed by atoms with van der Waals surface area (Å²) in [5, 5.41) is 0. The van der Waals surface area contributed by atoms with Crippen molar-refractivity contribution in [1.82, 2.24) is 4.90 Å². The van der Waals surface area contributed by atoms with Gasteiger partial charge in [-0.3, -0.25) is 4.79 Å². The van der Waals surface area contributed by atoms with Gasteiger partial charge in [0.15, 0.2) is 11.6 Å². The van der Waals surface area contributed by atoms with Crippen LogP contribution >= 0.6 is 0 Å². The average Bonchev–Trinajstić information content (AvgIpc) is 3.12. The summed E-state index contributed by atoms with van der Waals surface area (Å²) in [7, 11) is 1.43. The Morgan fingerprint density at radius 3 is 2.74 bits per heavy atom. The highest BCUT2D eigenvalue weighted by Crippen LogP contribution is 2.30. The molecule has 1 amide bonds. The summed E-state index contributed by atoms with van der Waals surface area (Å²) >= 11 is 0. The lowest BCUT2D eigenvalue weighted by molar-refractivity contribution is -0.133. The second-order valence-electron chi connectivity index (χ2n) is 4.83. The molecule has 1 fully saturated rings. The number of hydrogen-bond donors (Lipinski definition) is 1. The van der Waals surface area contributed by atoms with Crippen molar-refractivity contribution in [3.63, 3.8) is 0 Å². The Balaban J connectivity index is 2.05. The molecule has 0 aliphatic heterocycles. The Morgan fingerprint density at radius 2 is 2.26 bits per heavy atom. The van der Waals surface area contributed by atoms with Crippen LogP contribution < -0.4 is 10.5 Å². The maximum absolute atomic E-state index is 13.6. The first-order valence-electron chi connectivity index (χ1n) is 6.43. The van der Waals surface area contributed by atoms with Crippen LogP contribution in [0, 0.1) is 11.7 Å². The number of carbonyl (C=O) groups is 1. The fourth-order valence-electron chi connectivity index (χ4n) is 2.11. The predicted molar refractivity (Wildman–Crippen MR) is 70.1 cm³/mol. The highest BCUT2D eigenvalue weighted by molar-refractivity contribution is 5.82. The summed E-state index contributed by atoms with van der Waals surface area (Å²) in [6.45, 7) is 2.90. The van der Waals surface area contributed by atoms with Crippen LogP contribution in [0.5, 0.6) is 5.75 Å². The molecule has 1 aromatic rings. The summed E-state index contributed by atoms with van der Waals surface area (Å²) in [5.74, 6) is -0.191. The molecule has 0 heterocycles. The van der Waals surface area contributed by atoms with Crippen LogP contribution in [0.1, 0.15) is 18.9 Å². The Labute approximate surface area is 112 Å². The van der Waals surface area contributed by atoms with Crippen molar-refractivity contribution in [1.29, 1.82) is 0 Å². The molecule has 2 rings (SSSR count). The third-order valence-corrected chi connectivity index (χ3v) is 3.44. The number of rotatable bonds is 5. The van der Waals surface area contributed by atoms with E-state index in [9.17, 15) is 9.18 Å². The standard InChI is InChI=1S/C14H19FN2O2/c1-3-17(14(18)10-7-12(10)16)8-9-4-5-13(19-2)11(15)6-9/h4-6,10,12H,3,7-8,16H2,1-2H3. The Hall–Kier alpha value is -1.62. The minimum absolute atomic E-state index is 0.00541. The summed E-state index contributed by atoms with van der Waals surface area (Å²) in [4.78, 5) is 13.8. The third-order valence-electron chi connectivity index (χ3n) is 3.44. The maximum Gasteiger partial charge on any atom is 0.227 e. The molecule has 2 atom stereocenters. The molecule has 5 heteroatoms. The van der Waals surface area contributed by atoms with Crippen LogP contribution in [0.3, 0.4) is 0 Å². The minimum atomic E-state index is -0.411. The van der Waals surface area contributed by atoms with Gasteiger partial charge in [-0.2, -0.15) is 0 Å². The zero-order valence-electron chi connectivity index (χ0n) is 11.2. The third kappa shape index (κ3) is 3.04. The van der Waals surface area contributed by atoms with Crippen LogP contribution in [-0.2, 0) is 11.3 Å². The van der Waals surface area contributed by atoms with Crippen molar-refractivity contribution in [2.75, 3.05) is 13.7 Å². The van der Waals surface area contributed by atoms with Gasteiger partial charge in [0.2, 0.25) is 5.91 Å². The van der Waals surface area contributed by atoms with E-state index >= 15 is 0 Å². The van der Waals surface area contributed by atoms with Crippen LogP contribution in [-0.4, -0.2) is 30.5 Å². The molecule has 1 saturated carbocycles. The molecule has 104 valence electrons. The second-order valence-corrected chi connectivity index (χ2v) is 4.83. The van der Waals surface area contributed by atoms with Crippen molar-refractivity contribution in [3.8, 4) is 5.75 Å². The molecule has 2 unspecified atom stereocenters. The smallest absolute Gasteiger partial charge is 0.227 e. The maximum atomic E-state index is 13.6. The first-order chi connectivity index (χ1) is 9.06. The van der Waals surface area contributed by atoms with Gasteiger partial charge in [0.1, 0.15) is 0 Å². The van der Waals surface area contributed by atoms with Crippen LogP contribution in [0.25, 0.3) is 0 Å². The van der Waals surface area contributed by atoms with Gasteiger partial charge in [-0.05, 0) is 31.0 Å². The number of carbonyl (C=O) groups excluding carboxylic acids is 1. The van der Waals surface area contributed by atoms with Crippen molar-refractivity contribution in [2.24, 2.45) is 11.7 Å². The van der Waals surface area contributed by atoms with Crippen molar-refractivity contribution >= 4 is 5.91 Å². The molecule has 19 heavy (non-hydrogen) atoms. The van der Waals surface area contributed by atoms with Crippen LogP contribution in [0.2, 0.25) is 0 Å². The zero-order chi connectivity index (χ0) is 14.0. The van der Waals surface area contributed by atoms with E-state index in [-0.39, 0.29) is 23.6 Å². The molecular weight excluding hydrogens is 247 g/mol. The normalized spacial score (nSPS) is 21.1. The van der Waals surface area contributed by atoms with Gasteiger partial charge in [-0.1, -0.05) is 6.07 Å². The van der Waals surface area contributed by atoms with E-state index < -0.39 is 5.82 Å². The second kappa shape index (κ2) is 5.57. The van der Waals surface area contributed by atoms with Crippen LogP contribution in [0.15, 0.2) is 18.2 Å². The number of halogens is 1. The fraction of sp³-hybridized carbons (Fsp3) is 0.500. The van der Waals surface area contributed by atoms with Crippen molar-refractivity contribution in [2.45, 2.75) is 25.9 Å². The minimum Gasteiger partial charge on any atom is -0.494 e. The number of benzene rings is 1. The predicted octanol–water partition coefficient (Wildman–Crippen LogP) is 1.53. The van der Waals surface area contributed by atoms with Gasteiger partial charge in [0.25, 0.3) is 0 Å². The topological polar surface area (TPSA) is 55.6 Å². The lowest BCUT2D eigenvalue weighted by atomic mass is 10.2. The van der Waals surface area contributed by atoms with Crippen molar-refractivity contribution in [3.05, 3.63) is 29.6 Å². The van der Waals surface area contributed by atoms with Gasteiger partial charge in [-0.15, -0.1) is 0 Å². The lowest BCUT2D eigenvalue weighted by Crippen LogP contribution is -2.33. The van der Waals surface area contributed by atoms with Crippen LogP contribution in [0.4, 0.5) is 4.39 Å². The van der Waals surface area contributed by atoms with E-state index in [4.69, 9.17) is 10.5 Å². The highest BCUT2D eigenvalue weighted by Gasteiger charge is 2.41. The number of nitrogens with zero attached hydrogens (tertiary/aromatic N) is 1. The largest absolute Gasteiger partial charge is 0.494 e. The molecule has 4 nitrogen and oxygen atoms in total. The number of nitrogens with two attached hydrogens (primary N) is 1. The molecule has 0 aromatic heterocycles. The molecule has 0 spiro atoms. The number of hydrogen-bond acceptors (Lipinski definition) is 3. The molecule has 0 saturated heterocycles. The molecule has 1 aliphatic carbocycles. The number of methoxy groups -OCH3 is 1. The zero-order valence-corrected chi connectivity index (χ0v) is 11.2. The average molecular weight is 266 g/mol. The molecular formula is C14H19FN2O2. The molecule has 0 bridgehead atoms. The van der Waals surface area contributed by atoms with E-state index in [1.807, 2.05) is 6.92 Å². The number of ether oxygens (including phenoxy) is 1. The van der Waals surface area contributed by atoms with Gasteiger partial charge in [0.05, 0.1) is 13.0 Å². The molecule has 0 radical (unpaired) electrons. The lowest BCUT2D eigenvalue weighted by Gasteiger charge is -2.21. The molecule has 1 aliphatic rings. The SMILES string of the molecule is CCN(Cc1ccc(OC)c(F)c1)C(=O)C1CC1N. The molecule has 1 aromatic carbocycles. The highest BCUT2D eigenvalue weighted by atomic mass is 19.1. The van der Waals surface area contributed by atoms with E-state index in [0.717, 1.165) is 12.0 Å². The Morgan fingerprint density at radius 1 is 1.58 bits per heavy atom. The summed E-state index contributed by atoms with van der Waals surface area (Å²) < 4.78 is 18.5. The Bertz CT molecular complexity index is 479. The first kappa shape index (κ1) is 13.8. The quantitative estimate of drug-likeness (QED) is 0.879. The van der Waals surface area contributed by atoms with Gasteiger partial charge >= 0.3 is 0 Å². The Kier molecular flexibility index (Phi) is 4.04. The van der Waals surface area contributed by atoms with E-state index in [1.54, 1.807) is 17.0 Å². The van der Waals surface area contributed by atoms with E-state index in [0.29, 0.717) is 13.1 Å². The summed E-state index contributed by atoms with van der Waals surface area (Å²) in [6, 6.07) is 4.74. The van der Waals surface area contributed by atoms with Gasteiger partial charge < -0.3 is 15.4 Å². The number of amides is 1. The van der Waals surface area contributed by atoms with Crippen molar-refractivity contribution < 1.29 is 13.9 Å². The monoisotopic (exact) mass is 266 g/mol. The van der Waals surface area contributed by atoms with E-state index in [2.05, 4.69) is 0 Å². The first-order valence-corrected chi connectivity index (χ1v) is 6.43. The summed E-state index contributed by atoms with van der Waals surface area (Å²) in [6.07, 6.45) is 0.756. The summed E-state index contributed by atoms with van der Waals surface area (Å²) in [5.41, 5.74) is 6.44. The molecule has 2 N–H and O–H groups in total.